The molecule has 0 saturated carbocycles. The third-order valence-corrected chi connectivity index (χ3v) is 3.50. The molecule has 0 radical (unpaired) electrons. The summed E-state index contributed by atoms with van der Waals surface area (Å²) >= 11 is 0. The Labute approximate surface area is 133 Å². The van der Waals surface area contributed by atoms with Crippen LogP contribution in [0.3, 0.4) is 0 Å². The van der Waals surface area contributed by atoms with E-state index in [1.54, 1.807) is 4.90 Å². The van der Waals surface area contributed by atoms with Gasteiger partial charge in [-0.15, -0.1) is 0 Å². The zero-order valence-electron chi connectivity index (χ0n) is 14.1. The van der Waals surface area contributed by atoms with E-state index in [2.05, 4.69) is 19.2 Å². The first kappa shape index (κ1) is 18.2. The predicted molar refractivity (Wildman–Crippen MR) is 89.2 cm³/mol. The minimum absolute atomic E-state index is 0.0659. The summed E-state index contributed by atoms with van der Waals surface area (Å²) in [6.07, 6.45) is 0.848. The predicted octanol–water partition coefficient (Wildman–Crippen LogP) is 2.98. The van der Waals surface area contributed by atoms with E-state index in [1.807, 2.05) is 44.2 Å². The van der Waals surface area contributed by atoms with Crippen LogP contribution in [0, 0.1) is 5.92 Å². The van der Waals surface area contributed by atoms with Crippen molar-refractivity contribution in [2.45, 2.75) is 53.1 Å². The maximum absolute atomic E-state index is 12.4. The lowest BCUT2D eigenvalue weighted by molar-refractivity contribution is -0.137. The number of nitrogens with zero attached hydrogens (tertiary/aromatic N) is 1. The van der Waals surface area contributed by atoms with Gasteiger partial charge in [0, 0.05) is 19.1 Å². The maximum atomic E-state index is 12.4. The first-order valence-electron chi connectivity index (χ1n) is 8.00. The Morgan fingerprint density at radius 1 is 1.09 bits per heavy atom. The van der Waals surface area contributed by atoms with Crippen LogP contribution >= 0.6 is 0 Å². The average molecular weight is 304 g/mol. The minimum Gasteiger partial charge on any atom is -0.356 e. The fourth-order valence-corrected chi connectivity index (χ4v) is 2.14. The normalized spacial score (nSPS) is 10.8. The number of carbonyl (C=O) groups is 2. The third kappa shape index (κ3) is 6.74. The minimum atomic E-state index is -0.190. The lowest BCUT2D eigenvalue weighted by Gasteiger charge is -2.27. The highest BCUT2D eigenvalue weighted by Crippen LogP contribution is 2.10. The monoisotopic (exact) mass is 304 g/mol. The first-order chi connectivity index (χ1) is 10.4. The van der Waals surface area contributed by atoms with Gasteiger partial charge in [-0.3, -0.25) is 9.59 Å². The molecule has 22 heavy (non-hydrogen) atoms. The third-order valence-electron chi connectivity index (χ3n) is 3.50. The topological polar surface area (TPSA) is 49.4 Å². The Morgan fingerprint density at radius 2 is 1.73 bits per heavy atom. The van der Waals surface area contributed by atoms with Gasteiger partial charge in [0.25, 0.3) is 0 Å². The lowest BCUT2D eigenvalue weighted by Crippen LogP contribution is -2.39. The Bertz CT molecular complexity index is 469. The van der Waals surface area contributed by atoms with Crippen molar-refractivity contribution in [3.63, 3.8) is 0 Å². The van der Waals surface area contributed by atoms with Gasteiger partial charge in [-0.25, -0.2) is 0 Å². The molecule has 0 atom stereocenters. The number of hydrogen-bond donors (Lipinski definition) is 1. The Balaban J connectivity index is 2.53. The number of nitrogens with one attached hydrogen (secondary N) is 1. The van der Waals surface area contributed by atoms with E-state index in [9.17, 15) is 9.59 Å². The van der Waals surface area contributed by atoms with Crippen molar-refractivity contribution >= 4 is 11.8 Å². The number of amides is 2. The zero-order valence-corrected chi connectivity index (χ0v) is 14.1. The number of carbonyl (C=O) groups excluding carboxylic acids is 2. The van der Waals surface area contributed by atoms with Gasteiger partial charge in [0.15, 0.2) is 0 Å². The second-order valence-corrected chi connectivity index (χ2v) is 6.31. The number of benzene rings is 1. The highest BCUT2D eigenvalue weighted by molar-refractivity contribution is 5.96. The molecular formula is C18H28N2O2. The second kappa shape index (κ2) is 9.23. The molecule has 2 amide bonds. The van der Waals surface area contributed by atoms with Crippen LogP contribution in [0.2, 0.25) is 0 Å². The van der Waals surface area contributed by atoms with E-state index in [0.717, 1.165) is 12.0 Å². The standard InChI is InChI=1S/C18H28N2O2/c1-14(2)10-11-19-17(21)12-18(22)20(15(3)4)13-16-8-6-5-7-9-16/h5-9,14-15H,10-13H2,1-4H3,(H,19,21). The maximum Gasteiger partial charge on any atom is 0.232 e. The Morgan fingerprint density at radius 3 is 2.27 bits per heavy atom. The molecule has 122 valence electrons. The molecule has 1 aromatic carbocycles. The summed E-state index contributed by atoms with van der Waals surface area (Å²) in [6, 6.07) is 9.91. The summed E-state index contributed by atoms with van der Waals surface area (Å²) in [5, 5.41) is 2.82. The van der Waals surface area contributed by atoms with Crippen molar-refractivity contribution in [1.29, 1.82) is 0 Å². The summed E-state index contributed by atoms with van der Waals surface area (Å²) in [6.45, 7) is 9.32. The van der Waals surface area contributed by atoms with Gasteiger partial charge in [0.05, 0.1) is 0 Å². The molecule has 1 N–H and O–H groups in total. The van der Waals surface area contributed by atoms with Gasteiger partial charge in [-0.2, -0.15) is 0 Å². The van der Waals surface area contributed by atoms with Crippen molar-refractivity contribution in [1.82, 2.24) is 10.2 Å². The second-order valence-electron chi connectivity index (χ2n) is 6.31. The van der Waals surface area contributed by atoms with Crippen molar-refractivity contribution in [3.8, 4) is 0 Å². The average Bonchev–Trinajstić information content (AvgIpc) is 2.44. The summed E-state index contributed by atoms with van der Waals surface area (Å²) in [5.41, 5.74) is 1.07. The highest BCUT2D eigenvalue weighted by atomic mass is 16.2. The molecule has 4 nitrogen and oxygen atoms in total. The molecule has 0 spiro atoms. The van der Waals surface area contributed by atoms with Crippen molar-refractivity contribution in [2.24, 2.45) is 5.92 Å². The molecule has 1 rings (SSSR count). The summed E-state index contributed by atoms with van der Waals surface area (Å²) in [7, 11) is 0. The highest BCUT2D eigenvalue weighted by Gasteiger charge is 2.20. The van der Waals surface area contributed by atoms with Crippen molar-refractivity contribution < 1.29 is 9.59 Å². The molecule has 0 saturated heterocycles. The summed E-state index contributed by atoms with van der Waals surface area (Å²) < 4.78 is 0. The van der Waals surface area contributed by atoms with E-state index in [4.69, 9.17) is 0 Å². The first-order valence-corrected chi connectivity index (χ1v) is 8.00. The summed E-state index contributed by atoms with van der Waals surface area (Å²) in [5.74, 6) is 0.228. The largest absolute Gasteiger partial charge is 0.356 e. The van der Waals surface area contributed by atoms with Crippen LogP contribution in [-0.4, -0.2) is 29.3 Å². The molecule has 0 aliphatic carbocycles. The van der Waals surface area contributed by atoms with Crippen LogP contribution in [0.4, 0.5) is 0 Å². The molecule has 1 aromatic rings. The number of hydrogen-bond acceptors (Lipinski definition) is 2. The van der Waals surface area contributed by atoms with E-state index in [-0.39, 0.29) is 24.3 Å². The fourth-order valence-electron chi connectivity index (χ4n) is 2.14. The Kier molecular flexibility index (Phi) is 7.64. The number of rotatable bonds is 8. The molecule has 0 aliphatic rings. The van der Waals surface area contributed by atoms with Gasteiger partial charge in [0.1, 0.15) is 6.42 Å². The molecule has 0 aromatic heterocycles. The van der Waals surface area contributed by atoms with E-state index >= 15 is 0 Å². The van der Waals surface area contributed by atoms with Crippen molar-refractivity contribution in [2.75, 3.05) is 6.54 Å². The van der Waals surface area contributed by atoms with Gasteiger partial charge in [-0.05, 0) is 31.7 Å². The molecule has 0 bridgehead atoms. The van der Waals surface area contributed by atoms with E-state index in [1.165, 1.54) is 0 Å². The molecule has 0 aliphatic heterocycles. The smallest absolute Gasteiger partial charge is 0.232 e. The molecular weight excluding hydrogens is 276 g/mol. The quantitative estimate of drug-likeness (QED) is 0.751. The van der Waals surface area contributed by atoms with E-state index < -0.39 is 0 Å². The van der Waals surface area contributed by atoms with E-state index in [0.29, 0.717) is 19.0 Å². The van der Waals surface area contributed by atoms with Gasteiger partial charge in [-0.1, -0.05) is 44.2 Å². The molecule has 4 heteroatoms. The van der Waals surface area contributed by atoms with Crippen LogP contribution in [-0.2, 0) is 16.1 Å². The summed E-state index contributed by atoms with van der Waals surface area (Å²) in [4.78, 5) is 26.0. The van der Waals surface area contributed by atoms with Crippen LogP contribution in [0.1, 0.15) is 46.1 Å². The molecule has 0 unspecified atom stereocenters. The van der Waals surface area contributed by atoms with Crippen LogP contribution < -0.4 is 5.32 Å². The van der Waals surface area contributed by atoms with Gasteiger partial charge in [0.2, 0.25) is 11.8 Å². The van der Waals surface area contributed by atoms with Crippen LogP contribution in [0.25, 0.3) is 0 Å². The zero-order chi connectivity index (χ0) is 16.5. The van der Waals surface area contributed by atoms with Gasteiger partial charge < -0.3 is 10.2 Å². The van der Waals surface area contributed by atoms with Crippen LogP contribution in [0.5, 0.6) is 0 Å². The van der Waals surface area contributed by atoms with Gasteiger partial charge >= 0.3 is 0 Å². The van der Waals surface area contributed by atoms with Crippen molar-refractivity contribution in [3.05, 3.63) is 35.9 Å². The Hall–Kier alpha value is -1.84. The fraction of sp³-hybridized carbons (Fsp3) is 0.556. The molecule has 0 fully saturated rings. The molecule has 0 heterocycles. The lowest BCUT2D eigenvalue weighted by atomic mass is 10.1. The SMILES string of the molecule is CC(C)CCNC(=O)CC(=O)N(Cc1ccccc1)C(C)C. The van der Waals surface area contributed by atoms with Crippen LogP contribution in [0.15, 0.2) is 30.3 Å².